The van der Waals surface area contributed by atoms with E-state index in [0.717, 1.165) is 0 Å². The number of amides is 1. The molecular formula is C17H12F2N4O3. The number of carbonyl (C=O) groups is 1. The first-order valence-electron chi connectivity index (χ1n) is 7.41. The number of carbonyl (C=O) groups excluding carboxylic acids is 1. The Balaban J connectivity index is 1.81. The molecule has 26 heavy (non-hydrogen) atoms. The standard InChI is InChI=1S/C17H12F2N4O3/c18-17(19)26-13-8-4-1-5-10(13)9-20-22-16(25)14-11-6-2-3-7-12(11)15(24)23-21-14/h1-9,17H,(H,22,25)(H,23,24)/b20-9-. The van der Waals surface area contributed by atoms with Crippen LogP contribution in [0.3, 0.4) is 0 Å². The number of H-pyrrole nitrogens is 1. The molecule has 1 heterocycles. The largest absolute Gasteiger partial charge is 0.434 e. The van der Waals surface area contributed by atoms with Crippen LogP contribution in [-0.4, -0.2) is 28.9 Å². The summed E-state index contributed by atoms with van der Waals surface area (Å²) in [6.45, 7) is -2.98. The molecule has 0 fully saturated rings. The highest BCUT2D eigenvalue weighted by Gasteiger charge is 2.13. The van der Waals surface area contributed by atoms with Crippen LogP contribution in [0.25, 0.3) is 10.8 Å². The summed E-state index contributed by atoms with van der Waals surface area (Å²) in [5.41, 5.74) is 2.06. The molecule has 0 radical (unpaired) electrons. The smallest absolute Gasteiger partial charge is 0.387 e. The monoisotopic (exact) mass is 358 g/mol. The maximum absolute atomic E-state index is 12.4. The van der Waals surface area contributed by atoms with Crippen molar-refractivity contribution in [3.63, 3.8) is 0 Å². The van der Waals surface area contributed by atoms with E-state index in [9.17, 15) is 18.4 Å². The number of hydrazone groups is 1. The number of halogens is 2. The number of alkyl halides is 2. The van der Waals surface area contributed by atoms with Gasteiger partial charge in [-0.05, 0) is 18.2 Å². The van der Waals surface area contributed by atoms with Gasteiger partial charge in [-0.25, -0.2) is 10.5 Å². The van der Waals surface area contributed by atoms with Crippen molar-refractivity contribution in [1.82, 2.24) is 15.6 Å². The molecule has 132 valence electrons. The van der Waals surface area contributed by atoms with Gasteiger partial charge < -0.3 is 4.74 Å². The van der Waals surface area contributed by atoms with Gasteiger partial charge in [0.2, 0.25) is 0 Å². The molecule has 0 aliphatic heterocycles. The van der Waals surface area contributed by atoms with Crippen molar-refractivity contribution in [1.29, 1.82) is 0 Å². The van der Waals surface area contributed by atoms with E-state index in [1.54, 1.807) is 30.3 Å². The molecule has 1 aromatic heterocycles. The Morgan fingerprint density at radius 2 is 1.85 bits per heavy atom. The van der Waals surface area contributed by atoms with E-state index in [0.29, 0.717) is 10.8 Å². The van der Waals surface area contributed by atoms with Gasteiger partial charge in [-0.2, -0.15) is 19.0 Å². The predicted octanol–water partition coefficient (Wildman–Crippen LogP) is 2.29. The van der Waals surface area contributed by atoms with Gasteiger partial charge >= 0.3 is 6.61 Å². The molecule has 9 heteroatoms. The fraction of sp³-hybridized carbons (Fsp3) is 0.0588. The van der Waals surface area contributed by atoms with E-state index < -0.39 is 18.1 Å². The van der Waals surface area contributed by atoms with Crippen LogP contribution in [0.4, 0.5) is 8.78 Å². The Kier molecular flexibility index (Phi) is 4.97. The van der Waals surface area contributed by atoms with Gasteiger partial charge in [-0.1, -0.05) is 30.3 Å². The molecule has 0 saturated carbocycles. The van der Waals surface area contributed by atoms with Crippen molar-refractivity contribution in [3.05, 3.63) is 70.1 Å². The number of nitrogens with zero attached hydrogens (tertiary/aromatic N) is 2. The Labute approximate surface area is 145 Å². The third-order valence-electron chi connectivity index (χ3n) is 3.42. The number of hydrogen-bond donors (Lipinski definition) is 2. The number of aromatic nitrogens is 2. The SMILES string of the molecule is O=C(N/N=C\c1ccccc1OC(F)F)c1n[nH]c(=O)c2ccccc12. The highest BCUT2D eigenvalue weighted by molar-refractivity contribution is 6.04. The number of ether oxygens (including phenoxy) is 1. The van der Waals surface area contributed by atoms with Gasteiger partial charge in [-0.15, -0.1) is 0 Å². The summed E-state index contributed by atoms with van der Waals surface area (Å²) in [4.78, 5) is 24.0. The molecule has 2 aromatic carbocycles. The van der Waals surface area contributed by atoms with Crippen molar-refractivity contribution < 1.29 is 18.3 Å². The molecule has 2 N–H and O–H groups in total. The summed E-state index contributed by atoms with van der Waals surface area (Å²) in [5, 5.41) is 10.4. The highest BCUT2D eigenvalue weighted by Crippen LogP contribution is 2.18. The van der Waals surface area contributed by atoms with Crippen LogP contribution in [0.2, 0.25) is 0 Å². The van der Waals surface area contributed by atoms with Gasteiger partial charge in [0.25, 0.3) is 11.5 Å². The zero-order valence-electron chi connectivity index (χ0n) is 13.1. The molecule has 0 bridgehead atoms. The number of fused-ring (bicyclic) bond motifs is 1. The zero-order valence-corrected chi connectivity index (χ0v) is 13.1. The molecule has 0 aliphatic carbocycles. The van der Waals surface area contributed by atoms with Crippen LogP contribution in [0.1, 0.15) is 16.1 Å². The summed E-state index contributed by atoms with van der Waals surface area (Å²) in [6, 6.07) is 12.5. The van der Waals surface area contributed by atoms with Gasteiger partial charge in [0.15, 0.2) is 5.69 Å². The van der Waals surface area contributed by atoms with E-state index in [4.69, 9.17) is 0 Å². The Morgan fingerprint density at radius 3 is 2.62 bits per heavy atom. The summed E-state index contributed by atoms with van der Waals surface area (Å²) in [7, 11) is 0. The average molecular weight is 358 g/mol. The van der Waals surface area contributed by atoms with Crippen LogP contribution >= 0.6 is 0 Å². The first-order chi connectivity index (χ1) is 12.6. The Morgan fingerprint density at radius 1 is 1.15 bits per heavy atom. The van der Waals surface area contributed by atoms with Crippen molar-refractivity contribution in [3.8, 4) is 5.75 Å². The second-order valence-electron chi connectivity index (χ2n) is 5.06. The quantitative estimate of drug-likeness (QED) is 0.540. The molecular weight excluding hydrogens is 346 g/mol. The van der Waals surface area contributed by atoms with E-state index in [2.05, 4.69) is 25.5 Å². The Bertz CT molecular complexity index is 1030. The zero-order chi connectivity index (χ0) is 18.5. The fourth-order valence-corrected chi connectivity index (χ4v) is 2.29. The third-order valence-corrected chi connectivity index (χ3v) is 3.42. The summed E-state index contributed by atoms with van der Waals surface area (Å²) < 4.78 is 29.1. The maximum atomic E-state index is 12.4. The van der Waals surface area contributed by atoms with E-state index in [1.807, 2.05) is 0 Å². The number of para-hydroxylation sites is 1. The van der Waals surface area contributed by atoms with Crippen molar-refractivity contribution in [2.45, 2.75) is 6.61 Å². The molecule has 0 aliphatic rings. The number of nitrogens with one attached hydrogen (secondary N) is 2. The molecule has 0 saturated heterocycles. The van der Waals surface area contributed by atoms with Gasteiger partial charge in [-0.3, -0.25) is 9.59 Å². The third kappa shape index (κ3) is 3.72. The lowest BCUT2D eigenvalue weighted by Crippen LogP contribution is -2.22. The number of benzene rings is 2. The van der Waals surface area contributed by atoms with Crippen LogP contribution < -0.4 is 15.7 Å². The number of hydrogen-bond acceptors (Lipinski definition) is 5. The summed E-state index contributed by atoms with van der Waals surface area (Å²) in [6.07, 6.45) is 1.17. The normalized spacial score (nSPS) is 11.2. The minimum atomic E-state index is -2.98. The van der Waals surface area contributed by atoms with E-state index in [1.165, 1.54) is 24.4 Å². The number of rotatable bonds is 5. The second-order valence-corrected chi connectivity index (χ2v) is 5.06. The predicted molar refractivity (Wildman–Crippen MR) is 90.5 cm³/mol. The summed E-state index contributed by atoms with van der Waals surface area (Å²) >= 11 is 0. The van der Waals surface area contributed by atoms with Crippen molar-refractivity contribution >= 4 is 22.9 Å². The Hall–Kier alpha value is -3.62. The van der Waals surface area contributed by atoms with E-state index >= 15 is 0 Å². The van der Waals surface area contributed by atoms with Crippen LogP contribution in [-0.2, 0) is 0 Å². The molecule has 0 atom stereocenters. The lowest BCUT2D eigenvalue weighted by molar-refractivity contribution is -0.0499. The van der Waals surface area contributed by atoms with E-state index in [-0.39, 0.29) is 17.0 Å². The molecule has 7 nitrogen and oxygen atoms in total. The first kappa shape index (κ1) is 17.2. The van der Waals surface area contributed by atoms with Crippen LogP contribution in [0, 0.1) is 0 Å². The molecule has 3 aromatic rings. The lowest BCUT2D eigenvalue weighted by Gasteiger charge is -2.07. The van der Waals surface area contributed by atoms with Gasteiger partial charge in [0, 0.05) is 10.9 Å². The topological polar surface area (TPSA) is 96.4 Å². The van der Waals surface area contributed by atoms with Gasteiger partial charge in [0.05, 0.1) is 11.6 Å². The van der Waals surface area contributed by atoms with Crippen molar-refractivity contribution in [2.24, 2.45) is 5.10 Å². The maximum Gasteiger partial charge on any atom is 0.387 e. The summed E-state index contributed by atoms with van der Waals surface area (Å²) in [5.74, 6) is -0.742. The van der Waals surface area contributed by atoms with Gasteiger partial charge in [0.1, 0.15) is 5.75 Å². The minimum absolute atomic E-state index is 0.0190. The molecule has 0 spiro atoms. The van der Waals surface area contributed by atoms with Crippen molar-refractivity contribution in [2.75, 3.05) is 0 Å². The lowest BCUT2D eigenvalue weighted by atomic mass is 10.1. The van der Waals surface area contributed by atoms with Crippen LogP contribution in [0.15, 0.2) is 58.4 Å². The van der Waals surface area contributed by atoms with Crippen LogP contribution in [0.5, 0.6) is 5.75 Å². The second kappa shape index (κ2) is 7.51. The highest BCUT2D eigenvalue weighted by atomic mass is 19.3. The number of aromatic amines is 1. The first-order valence-corrected chi connectivity index (χ1v) is 7.41. The minimum Gasteiger partial charge on any atom is -0.434 e. The molecule has 0 unspecified atom stereocenters. The fourth-order valence-electron chi connectivity index (χ4n) is 2.29. The average Bonchev–Trinajstić information content (AvgIpc) is 2.63. The molecule has 3 rings (SSSR count). The molecule has 1 amide bonds.